The third-order valence-electron chi connectivity index (χ3n) is 2.83. The molecule has 2 aromatic heterocycles. The molecule has 0 amide bonds. The van der Waals surface area contributed by atoms with Gasteiger partial charge in [0.25, 0.3) is 0 Å². The molecule has 1 aromatic carbocycles. The third-order valence-corrected chi connectivity index (χ3v) is 2.83. The molecule has 0 bridgehead atoms. The third kappa shape index (κ3) is 1.12. The van der Waals surface area contributed by atoms with Gasteiger partial charge >= 0.3 is 0 Å². The van der Waals surface area contributed by atoms with Gasteiger partial charge in [-0.3, -0.25) is 4.98 Å². The van der Waals surface area contributed by atoms with E-state index >= 15 is 0 Å². The Balaban J connectivity index is 2.55. The van der Waals surface area contributed by atoms with Crippen molar-refractivity contribution in [2.45, 2.75) is 6.54 Å². The zero-order valence-electron chi connectivity index (χ0n) is 8.72. The number of aromatic nitrogens is 2. The zero-order chi connectivity index (χ0) is 11.0. The van der Waals surface area contributed by atoms with Gasteiger partial charge in [-0.25, -0.2) is 0 Å². The highest BCUT2D eigenvalue weighted by atomic mass is 15.0. The molecule has 76 valence electrons. The molecule has 0 saturated heterocycles. The summed E-state index contributed by atoms with van der Waals surface area (Å²) in [7, 11) is 0. The number of hydrogen-bond donors (Lipinski definition) is 0. The summed E-state index contributed by atoms with van der Waals surface area (Å²) in [6.45, 7) is 0.579. The van der Waals surface area contributed by atoms with E-state index in [9.17, 15) is 0 Å². The van der Waals surface area contributed by atoms with Gasteiger partial charge < -0.3 is 4.57 Å². The average Bonchev–Trinajstić information content (AvgIpc) is 2.66. The van der Waals surface area contributed by atoms with E-state index in [1.165, 1.54) is 16.3 Å². The van der Waals surface area contributed by atoms with Crippen LogP contribution in [0.4, 0.5) is 0 Å². The van der Waals surface area contributed by atoms with Crippen molar-refractivity contribution in [2.75, 3.05) is 0 Å². The summed E-state index contributed by atoms with van der Waals surface area (Å²) >= 11 is 0. The lowest BCUT2D eigenvalue weighted by molar-refractivity contribution is 0.921. The summed E-state index contributed by atoms with van der Waals surface area (Å²) in [5.41, 5.74) is 2.27. The van der Waals surface area contributed by atoms with E-state index in [2.05, 4.69) is 27.6 Å². The Morgan fingerprint density at radius 1 is 1.12 bits per heavy atom. The van der Waals surface area contributed by atoms with Crippen molar-refractivity contribution in [1.82, 2.24) is 9.55 Å². The van der Waals surface area contributed by atoms with E-state index in [1.54, 1.807) is 0 Å². The molecule has 0 saturated carbocycles. The number of pyridine rings is 1. The molecule has 16 heavy (non-hydrogen) atoms. The van der Waals surface area contributed by atoms with Crippen molar-refractivity contribution in [3.05, 3.63) is 42.7 Å². The first kappa shape index (κ1) is 8.99. The Labute approximate surface area is 93.5 Å². The quantitative estimate of drug-likeness (QED) is 0.560. The van der Waals surface area contributed by atoms with Crippen molar-refractivity contribution < 1.29 is 0 Å². The van der Waals surface area contributed by atoms with Crippen LogP contribution < -0.4 is 0 Å². The number of terminal acetylenes is 1. The van der Waals surface area contributed by atoms with Crippen LogP contribution in [-0.2, 0) is 6.54 Å². The molecule has 2 nitrogen and oxygen atoms in total. The van der Waals surface area contributed by atoms with Gasteiger partial charge in [-0.15, -0.1) is 6.42 Å². The molecule has 0 unspecified atom stereocenters. The van der Waals surface area contributed by atoms with Crippen LogP contribution in [0.15, 0.2) is 42.7 Å². The van der Waals surface area contributed by atoms with Gasteiger partial charge in [0.2, 0.25) is 0 Å². The highest BCUT2D eigenvalue weighted by molar-refractivity contribution is 6.07. The minimum absolute atomic E-state index is 0.579. The summed E-state index contributed by atoms with van der Waals surface area (Å²) < 4.78 is 2.12. The maximum Gasteiger partial charge on any atom is 0.0841 e. The summed E-state index contributed by atoms with van der Waals surface area (Å²) in [6.07, 6.45) is 9.09. The summed E-state index contributed by atoms with van der Waals surface area (Å²) in [6, 6.07) is 10.3. The van der Waals surface area contributed by atoms with Crippen LogP contribution in [0.3, 0.4) is 0 Å². The standard InChI is InChI=1S/C14H10N2/c1-2-9-16-13-6-4-3-5-11(13)12-7-8-15-10-14(12)16/h1,3-8,10H,9H2. The van der Waals surface area contributed by atoms with E-state index in [-0.39, 0.29) is 0 Å². The lowest BCUT2D eigenvalue weighted by atomic mass is 10.2. The summed E-state index contributed by atoms with van der Waals surface area (Å²) in [4.78, 5) is 4.16. The number of para-hydroxylation sites is 1. The molecule has 3 aromatic rings. The lowest BCUT2D eigenvalue weighted by Crippen LogP contribution is -1.94. The number of nitrogens with zero attached hydrogens (tertiary/aromatic N) is 2. The fourth-order valence-electron chi connectivity index (χ4n) is 2.16. The van der Waals surface area contributed by atoms with E-state index in [0.717, 1.165) is 5.52 Å². The zero-order valence-corrected chi connectivity index (χ0v) is 8.72. The number of hydrogen-bond acceptors (Lipinski definition) is 1. The van der Waals surface area contributed by atoms with E-state index in [4.69, 9.17) is 6.42 Å². The molecule has 0 aliphatic heterocycles. The monoisotopic (exact) mass is 206 g/mol. The van der Waals surface area contributed by atoms with Gasteiger partial charge in [-0.05, 0) is 12.1 Å². The highest BCUT2D eigenvalue weighted by Crippen LogP contribution is 2.27. The smallest absolute Gasteiger partial charge is 0.0841 e. The Bertz CT molecular complexity index is 648. The van der Waals surface area contributed by atoms with Crippen LogP contribution in [0.2, 0.25) is 0 Å². The second kappa shape index (κ2) is 3.39. The lowest BCUT2D eigenvalue weighted by Gasteiger charge is -2.00. The maximum atomic E-state index is 5.41. The molecular formula is C14H10N2. The number of benzene rings is 1. The molecule has 2 heteroatoms. The Morgan fingerprint density at radius 2 is 1.94 bits per heavy atom. The first-order chi connectivity index (χ1) is 7.92. The number of rotatable bonds is 1. The van der Waals surface area contributed by atoms with E-state index in [0.29, 0.717) is 6.54 Å². The minimum atomic E-state index is 0.579. The normalized spacial score (nSPS) is 10.7. The van der Waals surface area contributed by atoms with Crippen LogP contribution in [-0.4, -0.2) is 9.55 Å². The topological polar surface area (TPSA) is 17.8 Å². The highest BCUT2D eigenvalue weighted by Gasteiger charge is 2.08. The second-order valence-corrected chi connectivity index (χ2v) is 3.70. The number of fused-ring (bicyclic) bond motifs is 3. The Kier molecular flexibility index (Phi) is 1.91. The Hall–Kier alpha value is -2.27. The van der Waals surface area contributed by atoms with Gasteiger partial charge in [0.1, 0.15) is 0 Å². The van der Waals surface area contributed by atoms with E-state index in [1.807, 2.05) is 30.6 Å². The van der Waals surface area contributed by atoms with E-state index < -0.39 is 0 Å². The first-order valence-corrected chi connectivity index (χ1v) is 5.16. The van der Waals surface area contributed by atoms with Crippen molar-refractivity contribution in [3.63, 3.8) is 0 Å². The van der Waals surface area contributed by atoms with Crippen LogP contribution in [0.1, 0.15) is 0 Å². The molecule has 0 aliphatic carbocycles. The van der Waals surface area contributed by atoms with Crippen molar-refractivity contribution in [2.24, 2.45) is 0 Å². The molecule has 0 N–H and O–H groups in total. The fourth-order valence-corrected chi connectivity index (χ4v) is 2.16. The van der Waals surface area contributed by atoms with Gasteiger partial charge in [0.05, 0.1) is 23.8 Å². The summed E-state index contributed by atoms with van der Waals surface area (Å²) in [5.74, 6) is 2.69. The van der Waals surface area contributed by atoms with Crippen molar-refractivity contribution >= 4 is 21.8 Å². The van der Waals surface area contributed by atoms with Crippen LogP contribution in [0.25, 0.3) is 21.8 Å². The molecule has 0 atom stereocenters. The van der Waals surface area contributed by atoms with Gasteiger partial charge in [0, 0.05) is 17.0 Å². The minimum Gasteiger partial charge on any atom is -0.327 e. The molecule has 3 rings (SSSR count). The average molecular weight is 206 g/mol. The SMILES string of the molecule is C#CCn1c2ccccc2c2ccncc21. The first-order valence-electron chi connectivity index (χ1n) is 5.16. The molecule has 0 radical (unpaired) electrons. The molecule has 2 heterocycles. The predicted molar refractivity (Wildman–Crippen MR) is 66.1 cm³/mol. The summed E-state index contributed by atoms with van der Waals surface area (Å²) in [5, 5.41) is 2.44. The molecule has 0 spiro atoms. The van der Waals surface area contributed by atoms with Crippen molar-refractivity contribution in [3.8, 4) is 12.3 Å². The van der Waals surface area contributed by atoms with Gasteiger partial charge in [0.15, 0.2) is 0 Å². The largest absolute Gasteiger partial charge is 0.327 e. The van der Waals surface area contributed by atoms with Gasteiger partial charge in [-0.2, -0.15) is 0 Å². The molecule has 0 aliphatic rings. The van der Waals surface area contributed by atoms with Crippen molar-refractivity contribution in [1.29, 1.82) is 0 Å². The van der Waals surface area contributed by atoms with Crippen LogP contribution >= 0.6 is 0 Å². The fraction of sp³-hybridized carbons (Fsp3) is 0.0714. The second-order valence-electron chi connectivity index (χ2n) is 3.70. The van der Waals surface area contributed by atoms with Gasteiger partial charge in [-0.1, -0.05) is 24.1 Å². The Morgan fingerprint density at radius 3 is 2.81 bits per heavy atom. The molecular weight excluding hydrogens is 196 g/mol. The van der Waals surface area contributed by atoms with Crippen LogP contribution in [0.5, 0.6) is 0 Å². The maximum absolute atomic E-state index is 5.41. The van der Waals surface area contributed by atoms with Crippen LogP contribution in [0, 0.1) is 12.3 Å². The predicted octanol–water partition coefficient (Wildman–Crippen LogP) is 2.82. The molecule has 0 fully saturated rings.